The van der Waals surface area contributed by atoms with Crippen LogP contribution >= 0.6 is 11.3 Å². The topological polar surface area (TPSA) is 82.0 Å². The third kappa shape index (κ3) is 2.86. The molecule has 0 spiro atoms. The molecule has 0 aliphatic carbocycles. The molecular formula is C14H21FN4O2S. The molecule has 0 fully saturated rings. The van der Waals surface area contributed by atoms with E-state index < -0.39 is 12.4 Å². The Labute approximate surface area is 131 Å². The van der Waals surface area contributed by atoms with Crippen LogP contribution in [0.3, 0.4) is 0 Å². The van der Waals surface area contributed by atoms with Crippen molar-refractivity contribution in [2.75, 3.05) is 19.8 Å². The number of aromatic nitrogens is 2. The molecule has 0 unspecified atom stereocenters. The van der Waals surface area contributed by atoms with Gasteiger partial charge in [0.25, 0.3) is 5.56 Å². The molecule has 0 aromatic carbocycles. The first-order chi connectivity index (χ1) is 10.6. The van der Waals surface area contributed by atoms with Gasteiger partial charge < -0.3 is 11.1 Å². The summed E-state index contributed by atoms with van der Waals surface area (Å²) in [6.45, 7) is 4.97. The maximum Gasteiger partial charge on any atom is 0.332 e. The highest BCUT2D eigenvalue weighted by molar-refractivity contribution is 7.18. The number of fused-ring (bicyclic) bond motifs is 1. The lowest BCUT2D eigenvalue weighted by Crippen LogP contribution is -2.39. The smallest absolute Gasteiger partial charge is 0.329 e. The fraction of sp³-hybridized carbons (Fsp3) is 0.571. The SMILES string of the molecule is CCn1c(=O)c2c(C)c(CNCCN)sc2n(CCF)c1=O. The lowest BCUT2D eigenvalue weighted by atomic mass is 10.2. The fourth-order valence-corrected chi connectivity index (χ4v) is 3.76. The summed E-state index contributed by atoms with van der Waals surface area (Å²) in [6, 6.07) is 0. The average Bonchev–Trinajstić information content (AvgIpc) is 2.82. The quantitative estimate of drug-likeness (QED) is 0.728. The molecule has 0 aliphatic heterocycles. The van der Waals surface area contributed by atoms with Gasteiger partial charge in [-0.2, -0.15) is 0 Å². The van der Waals surface area contributed by atoms with E-state index in [0.29, 0.717) is 29.9 Å². The molecular weight excluding hydrogens is 307 g/mol. The standard InChI is InChI=1S/C14H21FN4O2S/c1-3-18-12(20)11-9(2)10(8-17-6-5-16)22-13(11)19(7-4-15)14(18)21/h17H,3-8,16H2,1-2H3. The Morgan fingerprint density at radius 3 is 2.64 bits per heavy atom. The molecule has 2 aromatic heterocycles. The molecule has 0 bridgehead atoms. The van der Waals surface area contributed by atoms with Gasteiger partial charge in [-0.25, -0.2) is 9.18 Å². The van der Waals surface area contributed by atoms with E-state index in [1.807, 2.05) is 6.92 Å². The van der Waals surface area contributed by atoms with E-state index in [9.17, 15) is 14.0 Å². The number of aryl methyl sites for hydroxylation is 2. The number of rotatable bonds is 7. The van der Waals surface area contributed by atoms with Crippen molar-refractivity contribution in [3.05, 3.63) is 31.3 Å². The van der Waals surface area contributed by atoms with E-state index in [1.165, 1.54) is 15.9 Å². The minimum Gasteiger partial charge on any atom is -0.329 e. The number of hydrogen-bond acceptors (Lipinski definition) is 5. The predicted octanol–water partition coefficient (Wildman–Crippen LogP) is 0.571. The van der Waals surface area contributed by atoms with E-state index in [4.69, 9.17) is 5.73 Å². The number of thiophene rings is 1. The Balaban J connectivity index is 2.69. The van der Waals surface area contributed by atoms with Crippen LogP contribution in [0.5, 0.6) is 0 Å². The highest BCUT2D eigenvalue weighted by Crippen LogP contribution is 2.27. The highest BCUT2D eigenvalue weighted by atomic mass is 32.1. The zero-order valence-corrected chi connectivity index (χ0v) is 13.6. The first-order valence-corrected chi connectivity index (χ1v) is 8.10. The zero-order chi connectivity index (χ0) is 16.3. The van der Waals surface area contributed by atoms with E-state index in [0.717, 1.165) is 15.0 Å². The molecule has 2 heterocycles. The number of nitrogens with two attached hydrogens (primary N) is 1. The van der Waals surface area contributed by atoms with Gasteiger partial charge in [0.05, 0.1) is 11.9 Å². The molecule has 0 radical (unpaired) electrons. The summed E-state index contributed by atoms with van der Waals surface area (Å²) in [7, 11) is 0. The van der Waals surface area contributed by atoms with Crippen LogP contribution in [0, 0.1) is 6.92 Å². The third-order valence-corrected chi connectivity index (χ3v) is 4.94. The van der Waals surface area contributed by atoms with Gasteiger partial charge in [0, 0.05) is 31.1 Å². The summed E-state index contributed by atoms with van der Waals surface area (Å²) >= 11 is 1.37. The van der Waals surface area contributed by atoms with Gasteiger partial charge in [0.15, 0.2) is 0 Å². The molecule has 6 nitrogen and oxygen atoms in total. The maximum absolute atomic E-state index is 12.8. The van der Waals surface area contributed by atoms with Crippen molar-refractivity contribution < 1.29 is 4.39 Å². The summed E-state index contributed by atoms with van der Waals surface area (Å²) in [5.74, 6) is 0. The first-order valence-electron chi connectivity index (χ1n) is 7.29. The molecule has 0 amide bonds. The monoisotopic (exact) mass is 328 g/mol. The van der Waals surface area contributed by atoms with Crippen LogP contribution in [0.4, 0.5) is 4.39 Å². The Kier molecular flexibility index (Phi) is 5.49. The summed E-state index contributed by atoms with van der Waals surface area (Å²) in [6.07, 6.45) is 0. The lowest BCUT2D eigenvalue weighted by Gasteiger charge is -2.09. The number of nitrogens with zero attached hydrogens (tertiary/aromatic N) is 2. The van der Waals surface area contributed by atoms with Crippen LogP contribution in [0.25, 0.3) is 10.2 Å². The number of halogens is 1. The second-order valence-corrected chi connectivity index (χ2v) is 6.05. The molecule has 8 heteroatoms. The van der Waals surface area contributed by atoms with Gasteiger partial charge in [0.1, 0.15) is 11.5 Å². The van der Waals surface area contributed by atoms with Gasteiger partial charge in [-0.1, -0.05) is 0 Å². The van der Waals surface area contributed by atoms with E-state index in [1.54, 1.807) is 6.92 Å². The van der Waals surface area contributed by atoms with Crippen LogP contribution in [0.1, 0.15) is 17.4 Å². The summed E-state index contributed by atoms with van der Waals surface area (Å²) in [5.41, 5.74) is 5.56. The fourth-order valence-electron chi connectivity index (χ4n) is 2.47. The second kappa shape index (κ2) is 7.17. The van der Waals surface area contributed by atoms with E-state index >= 15 is 0 Å². The van der Waals surface area contributed by atoms with Crippen LogP contribution < -0.4 is 22.3 Å². The van der Waals surface area contributed by atoms with Crippen LogP contribution in [-0.2, 0) is 19.6 Å². The normalized spacial score (nSPS) is 11.5. The Morgan fingerprint density at radius 1 is 1.32 bits per heavy atom. The average molecular weight is 328 g/mol. The molecule has 0 atom stereocenters. The maximum atomic E-state index is 12.8. The van der Waals surface area contributed by atoms with Crippen molar-refractivity contribution >= 4 is 21.6 Å². The van der Waals surface area contributed by atoms with E-state index in [-0.39, 0.29) is 18.6 Å². The third-order valence-electron chi connectivity index (χ3n) is 3.62. The van der Waals surface area contributed by atoms with Crippen molar-refractivity contribution in [1.82, 2.24) is 14.5 Å². The van der Waals surface area contributed by atoms with Crippen LogP contribution in [0.15, 0.2) is 9.59 Å². The van der Waals surface area contributed by atoms with Gasteiger partial charge >= 0.3 is 5.69 Å². The van der Waals surface area contributed by atoms with E-state index in [2.05, 4.69) is 5.32 Å². The van der Waals surface area contributed by atoms with Crippen LogP contribution in [-0.4, -0.2) is 28.9 Å². The van der Waals surface area contributed by atoms with Crippen molar-refractivity contribution in [3.63, 3.8) is 0 Å². The van der Waals surface area contributed by atoms with Gasteiger partial charge in [0.2, 0.25) is 0 Å². The molecule has 3 N–H and O–H groups in total. The largest absolute Gasteiger partial charge is 0.332 e. The summed E-state index contributed by atoms with van der Waals surface area (Å²) in [4.78, 5) is 26.4. The molecule has 122 valence electrons. The number of hydrogen-bond donors (Lipinski definition) is 2. The number of alkyl halides is 1. The highest BCUT2D eigenvalue weighted by Gasteiger charge is 2.18. The summed E-state index contributed by atoms with van der Waals surface area (Å²) in [5, 5.41) is 3.70. The first kappa shape index (κ1) is 16.9. The van der Waals surface area contributed by atoms with Gasteiger partial charge in [-0.3, -0.25) is 13.9 Å². The van der Waals surface area contributed by atoms with Gasteiger partial charge in [-0.15, -0.1) is 11.3 Å². The second-order valence-electron chi connectivity index (χ2n) is 4.97. The Morgan fingerprint density at radius 2 is 2.05 bits per heavy atom. The van der Waals surface area contributed by atoms with Crippen LogP contribution in [0.2, 0.25) is 0 Å². The molecule has 0 aliphatic rings. The zero-order valence-electron chi connectivity index (χ0n) is 12.8. The Bertz CT molecular complexity index is 778. The molecule has 2 aromatic rings. The van der Waals surface area contributed by atoms with Crippen molar-refractivity contribution in [2.45, 2.75) is 33.5 Å². The molecule has 0 saturated carbocycles. The summed E-state index contributed by atoms with van der Waals surface area (Å²) < 4.78 is 15.3. The van der Waals surface area contributed by atoms with Crippen molar-refractivity contribution in [2.24, 2.45) is 5.73 Å². The molecule has 22 heavy (non-hydrogen) atoms. The van der Waals surface area contributed by atoms with Gasteiger partial charge in [-0.05, 0) is 19.4 Å². The molecule has 0 saturated heterocycles. The predicted molar refractivity (Wildman–Crippen MR) is 87.5 cm³/mol. The lowest BCUT2D eigenvalue weighted by molar-refractivity contribution is 0.436. The van der Waals surface area contributed by atoms with Crippen molar-refractivity contribution in [1.29, 1.82) is 0 Å². The van der Waals surface area contributed by atoms with Crippen molar-refractivity contribution in [3.8, 4) is 0 Å². The molecule has 2 rings (SSSR count). The Hall–Kier alpha value is -1.51. The minimum absolute atomic E-state index is 0.0365. The number of nitrogens with one attached hydrogen (secondary N) is 1. The minimum atomic E-state index is -0.644.